The smallest absolute Gasteiger partial charge is 0.253 e. The van der Waals surface area contributed by atoms with Gasteiger partial charge < -0.3 is 15.1 Å². The lowest BCUT2D eigenvalue weighted by atomic mass is 9.93. The summed E-state index contributed by atoms with van der Waals surface area (Å²) in [5.41, 5.74) is 1.87. The number of halogens is 1. The molecular weight excluding hydrogens is 374 g/mol. The van der Waals surface area contributed by atoms with Crippen molar-refractivity contribution in [2.24, 2.45) is 5.92 Å². The number of likely N-dealkylation sites (tertiary alicyclic amines) is 1. The van der Waals surface area contributed by atoms with Gasteiger partial charge in [-0.1, -0.05) is 24.6 Å². The van der Waals surface area contributed by atoms with Crippen LogP contribution >= 0.6 is 12.4 Å². The molecule has 2 heterocycles. The van der Waals surface area contributed by atoms with E-state index in [1.807, 2.05) is 36.1 Å². The lowest BCUT2D eigenvalue weighted by molar-refractivity contribution is -0.140. The minimum absolute atomic E-state index is 0. The van der Waals surface area contributed by atoms with Crippen molar-refractivity contribution in [1.82, 2.24) is 15.1 Å². The van der Waals surface area contributed by atoms with Crippen LogP contribution in [0.25, 0.3) is 0 Å². The summed E-state index contributed by atoms with van der Waals surface area (Å²) in [6.45, 7) is 8.25. The highest BCUT2D eigenvalue weighted by atomic mass is 35.5. The highest BCUT2D eigenvalue weighted by Gasteiger charge is 2.34. The van der Waals surface area contributed by atoms with Gasteiger partial charge in [-0.3, -0.25) is 9.59 Å². The van der Waals surface area contributed by atoms with Crippen molar-refractivity contribution < 1.29 is 9.59 Å². The molecule has 6 heteroatoms. The molecule has 2 fully saturated rings. The Morgan fingerprint density at radius 2 is 1.82 bits per heavy atom. The Hall–Kier alpha value is -1.59. The molecule has 156 valence electrons. The maximum absolute atomic E-state index is 13.3. The molecule has 2 saturated heterocycles. The van der Waals surface area contributed by atoms with Gasteiger partial charge in [0.05, 0.1) is 5.92 Å². The summed E-state index contributed by atoms with van der Waals surface area (Å²) in [7, 11) is 0. The third-order valence-corrected chi connectivity index (χ3v) is 5.85. The van der Waals surface area contributed by atoms with Gasteiger partial charge in [-0.05, 0) is 64.3 Å². The lowest BCUT2D eigenvalue weighted by Gasteiger charge is -2.39. The van der Waals surface area contributed by atoms with Crippen molar-refractivity contribution in [1.29, 1.82) is 0 Å². The van der Waals surface area contributed by atoms with Crippen LogP contribution in [0, 0.1) is 12.8 Å². The highest BCUT2D eigenvalue weighted by Crippen LogP contribution is 2.24. The Balaban J connectivity index is 0.00000280. The average Bonchev–Trinajstić information content (AvgIpc) is 2.72. The summed E-state index contributed by atoms with van der Waals surface area (Å²) in [5, 5.41) is 3.38. The molecule has 1 atom stereocenters. The molecule has 0 aromatic heterocycles. The molecule has 1 aromatic carbocycles. The van der Waals surface area contributed by atoms with Gasteiger partial charge in [-0.25, -0.2) is 0 Å². The minimum Gasteiger partial charge on any atom is -0.339 e. The molecule has 2 amide bonds. The van der Waals surface area contributed by atoms with Gasteiger partial charge >= 0.3 is 0 Å². The summed E-state index contributed by atoms with van der Waals surface area (Å²) in [5.74, 6) is 0.246. The van der Waals surface area contributed by atoms with Gasteiger partial charge in [0.2, 0.25) is 5.91 Å². The SMILES string of the molecule is CCCN(C(=O)C1CCCN(C(=O)c2ccc(C)cc2)C1)C1CCNCC1.Cl. The Bertz CT molecular complexity index is 644. The standard InChI is InChI=1S/C22H33N3O2.ClH/c1-3-14-25(20-10-12-23-13-11-20)22(27)19-5-4-15-24(16-19)21(26)18-8-6-17(2)7-9-18;/h6-9,19-20,23H,3-5,10-16H2,1-2H3;1H. The number of hydrogen-bond donors (Lipinski definition) is 1. The van der Waals surface area contributed by atoms with Crippen molar-refractivity contribution in [3.63, 3.8) is 0 Å². The maximum atomic E-state index is 13.3. The monoisotopic (exact) mass is 407 g/mol. The molecule has 0 aliphatic carbocycles. The second-order valence-electron chi connectivity index (χ2n) is 7.97. The van der Waals surface area contributed by atoms with Crippen LogP contribution in [0.1, 0.15) is 54.9 Å². The van der Waals surface area contributed by atoms with Crippen LogP contribution in [0.5, 0.6) is 0 Å². The van der Waals surface area contributed by atoms with Gasteiger partial charge in [0.15, 0.2) is 0 Å². The predicted molar refractivity (Wildman–Crippen MR) is 115 cm³/mol. The molecule has 0 radical (unpaired) electrons. The highest BCUT2D eigenvalue weighted by molar-refractivity contribution is 5.94. The van der Waals surface area contributed by atoms with E-state index in [0.717, 1.165) is 69.4 Å². The van der Waals surface area contributed by atoms with Gasteiger partial charge in [-0.15, -0.1) is 12.4 Å². The van der Waals surface area contributed by atoms with Gasteiger partial charge in [-0.2, -0.15) is 0 Å². The van der Waals surface area contributed by atoms with Gasteiger partial charge in [0, 0.05) is 31.2 Å². The first-order valence-electron chi connectivity index (χ1n) is 10.5. The van der Waals surface area contributed by atoms with Crippen LogP contribution in [0.4, 0.5) is 0 Å². The molecule has 0 saturated carbocycles. The fourth-order valence-electron chi connectivity index (χ4n) is 4.31. The summed E-state index contributed by atoms with van der Waals surface area (Å²) in [6.07, 6.45) is 4.84. The fraction of sp³-hybridized carbons (Fsp3) is 0.636. The Labute approximate surface area is 175 Å². The van der Waals surface area contributed by atoms with E-state index in [1.54, 1.807) is 0 Å². The predicted octanol–water partition coefficient (Wildman–Crippen LogP) is 3.26. The van der Waals surface area contributed by atoms with Crippen molar-refractivity contribution >= 4 is 24.2 Å². The molecule has 0 spiro atoms. The second-order valence-corrected chi connectivity index (χ2v) is 7.97. The first kappa shape index (κ1) is 22.7. The number of nitrogens with zero attached hydrogens (tertiary/aromatic N) is 2. The minimum atomic E-state index is -0.0606. The topological polar surface area (TPSA) is 52.7 Å². The zero-order valence-corrected chi connectivity index (χ0v) is 18.0. The molecule has 2 aliphatic heterocycles. The third-order valence-electron chi connectivity index (χ3n) is 5.85. The summed E-state index contributed by atoms with van der Waals surface area (Å²) >= 11 is 0. The number of aryl methyl sites for hydroxylation is 1. The summed E-state index contributed by atoms with van der Waals surface area (Å²) in [4.78, 5) is 30.2. The maximum Gasteiger partial charge on any atom is 0.253 e. The average molecular weight is 408 g/mol. The molecule has 1 N–H and O–H groups in total. The molecule has 1 aromatic rings. The third kappa shape index (κ3) is 5.48. The van der Waals surface area contributed by atoms with Crippen molar-refractivity contribution in [2.45, 2.75) is 52.0 Å². The van der Waals surface area contributed by atoms with Crippen molar-refractivity contribution in [3.05, 3.63) is 35.4 Å². The molecule has 28 heavy (non-hydrogen) atoms. The van der Waals surface area contributed by atoms with Crippen LogP contribution in [0.3, 0.4) is 0 Å². The van der Waals surface area contributed by atoms with E-state index in [1.165, 1.54) is 0 Å². The molecule has 1 unspecified atom stereocenters. The molecule has 0 bridgehead atoms. The van der Waals surface area contributed by atoms with E-state index in [0.29, 0.717) is 12.6 Å². The number of amides is 2. The number of carbonyl (C=O) groups is 2. The largest absolute Gasteiger partial charge is 0.339 e. The Morgan fingerprint density at radius 3 is 2.46 bits per heavy atom. The number of rotatable bonds is 5. The zero-order valence-electron chi connectivity index (χ0n) is 17.2. The first-order valence-corrected chi connectivity index (χ1v) is 10.5. The van der Waals surface area contributed by atoms with E-state index in [4.69, 9.17) is 0 Å². The van der Waals surface area contributed by atoms with E-state index < -0.39 is 0 Å². The van der Waals surface area contributed by atoms with Crippen LogP contribution in [-0.2, 0) is 4.79 Å². The summed E-state index contributed by atoms with van der Waals surface area (Å²) < 4.78 is 0. The van der Waals surface area contributed by atoms with Crippen LogP contribution < -0.4 is 5.32 Å². The lowest BCUT2D eigenvalue weighted by Crippen LogP contribution is -2.52. The summed E-state index contributed by atoms with van der Waals surface area (Å²) in [6, 6.07) is 8.07. The normalized spacial score (nSPS) is 20.4. The number of piperidine rings is 2. The number of benzene rings is 1. The number of carbonyl (C=O) groups excluding carboxylic acids is 2. The van der Waals surface area contributed by atoms with E-state index >= 15 is 0 Å². The fourth-order valence-corrected chi connectivity index (χ4v) is 4.31. The van der Waals surface area contributed by atoms with E-state index in [2.05, 4.69) is 17.1 Å². The Kier molecular flexibility index (Phi) is 8.77. The Morgan fingerprint density at radius 1 is 1.14 bits per heavy atom. The van der Waals surface area contributed by atoms with Gasteiger partial charge in [0.25, 0.3) is 5.91 Å². The molecule has 5 nitrogen and oxygen atoms in total. The number of nitrogens with one attached hydrogen (secondary N) is 1. The first-order chi connectivity index (χ1) is 13.1. The second kappa shape index (κ2) is 10.8. The van der Waals surface area contributed by atoms with Crippen molar-refractivity contribution in [2.75, 3.05) is 32.7 Å². The van der Waals surface area contributed by atoms with E-state index in [9.17, 15) is 9.59 Å². The molecule has 3 rings (SSSR count). The van der Waals surface area contributed by atoms with Crippen LogP contribution in [-0.4, -0.2) is 60.4 Å². The van der Waals surface area contributed by atoms with E-state index in [-0.39, 0.29) is 30.1 Å². The van der Waals surface area contributed by atoms with Crippen molar-refractivity contribution in [3.8, 4) is 0 Å². The van der Waals surface area contributed by atoms with Crippen LogP contribution in [0.15, 0.2) is 24.3 Å². The quantitative estimate of drug-likeness (QED) is 0.815. The number of hydrogen-bond acceptors (Lipinski definition) is 3. The van der Waals surface area contributed by atoms with Gasteiger partial charge in [0.1, 0.15) is 0 Å². The molecule has 2 aliphatic rings. The molecular formula is C22H34ClN3O2. The van der Waals surface area contributed by atoms with Crippen LogP contribution in [0.2, 0.25) is 0 Å². The zero-order chi connectivity index (χ0) is 19.2.